The van der Waals surface area contributed by atoms with Gasteiger partial charge in [-0.2, -0.15) is 0 Å². The summed E-state index contributed by atoms with van der Waals surface area (Å²) in [5, 5.41) is 0.465. The van der Waals surface area contributed by atoms with Crippen molar-refractivity contribution in [2.24, 2.45) is 11.7 Å². The molecule has 18 heavy (non-hydrogen) atoms. The first-order chi connectivity index (χ1) is 8.59. The van der Waals surface area contributed by atoms with Crippen LogP contribution in [-0.4, -0.2) is 46.5 Å². The Morgan fingerprint density at radius 3 is 2.39 bits per heavy atom. The van der Waals surface area contributed by atoms with E-state index in [4.69, 9.17) is 18.0 Å². The molecule has 0 bridgehead atoms. The van der Waals surface area contributed by atoms with Crippen LogP contribution in [0.1, 0.15) is 39.0 Å². The highest BCUT2D eigenvalue weighted by Crippen LogP contribution is 2.24. The Kier molecular flexibility index (Phi) is 4.43. The molecule has 2 fully saturated rings. The second-order valence-corrected chi connectivity index (χ2v) is 5.89. The summed E-state index contributed by atoms with van der Waals surface area (Å²) >= 11 is 4.97. The highest BCUT2D eigenvalue weighted by atomic mass is 32.1. The van der Waals surface area contributed by atoms with E-state index in [2.05, 4.69) is 11.8 Å². The van der Waals surface area contributed by atoms with Gasteiger partial charge in [-0.1, -0.05) is 0 Å². The SMILES string of the molecule is CC1CCCCN1C(=O)C1CCN(C(N)=S)CC1. The fourth-order valence-corrected chi connectivity index (χ4v) is 3.19. The third kappa shape index (κ3) is 2.94. The van der Waals surface area contributed by atoms with Gasteiger partial charge in [0.15, 0.2) is 5.11 Å². The predicted molar refractivity (Wildman–Crippen MR) is 76.1 cm³/mol. The number of rotatable bonds is 1. The maximum Gasteiger partial charge on any atom is 0.226 e. The number of hydrogen-bond donors (Lipinski definition) is 1. The second kappa shape index (κ2) is 5.87. The molecule has 0 aromatic rings. The van der Waals surface area contributed by atoms with Crippen LogP contribution in [0.4, 0.5) is 0 Å². The Morgan fingerprint density at radius 1 is 1.17 bits per heavy atom. The minimum Gasteiger partial charge on any atom is -0.376 e. The molecule has 2 N–H and O–H groups in total. The summed E-state index contributed by atoms with van der Waals surface area (Å²) in [5.74, 6) is 0.529. The van der Waals surface area contributed by atoms with E-state index in [9.17, 15) is 4.79 Å². The third-order valence-corrected chi connectivity index (χ3v) is 4.50. The van der Waals surface area contributed by atoms with E-state index in [-0.39, 0.29) is 5.92 Å². The third-order valence-electron chi connectivity index (χ3n) is 4.24. The molecular weight excluding hydrogens is 246 g/mol. The van der Waals surface area contributed by atoms with Gasteiger partial charge in [0.2, 0.25) is 5.91 Å². The van der Waals surface area contributed by atoms with Crippen molar-refractivity contribution in [1.82, 2.24) is 9.80 Å². The molecule has 5 heteroatoms. The first kappa shape index (κ1) is 13.6. The Hall–Kier alpha value is -0.840. The Morgan fingerprint density at radius 2 is 1.83 bits per heavy atom. The maximum absolute atomic E-state index is 12.5. The number of amides is 1. The second-order valence-electron chi connectivity index (χ2n) is 5.48. The molecule has 102 valence electrons. The molecule has 1 unspecified atom stereocenters. The van der Waals surface area contributed by atoms with E-state index in [1.165, 1.54) is 6.42 Å². The predicted octanol–water partition coefficient (Wildman–Crippen LogP) is 1.34. The lowest BCUT2D eigenvalue weighted by atomic mass is 9.93. The van der Waals surface area contributed by atoms with Gasteiger partial charge >= 0.3 is 0 Å². The van der Waals surface area contributed by atoms with Gasteiger partial charge < -0.3 is 15.5 Å². The lowest BCUT2D eigenvalue weighted by Crippen LogP contribution is -2.49. The van der Waals surface area contributed by atoms with Crippen LogP contribution in [0.3, 0.4) is 0 Å². The Bertz CT molecular complexity index is 326. The minimum atomic E-state index is 0.177. The van der Waals surface area contributed by atoms with Gasteiger partial charge in [-0.25, -0.2) is 0 Å². The number of thiocarbonyl (C=S) groups is 1. The Balaban J connectivity index is 1.88. The van der Waals surface area contributed by atoms with Crippen molar-refractivity contribution < 1.29 is 4.79 Å². The molecule has 1 amide bonds. The average molecular weight is 269 g/mol. The zero-order valence-electron chi connectivity index (χ0n) is 11.1. The van der Waals surface area contributed by atoms with Gasteiger partial charge in [-0.05, 0) is 51.2 Å². The Labute approximate surface area is 114 Å². The van der Waals surface area contributed by atoms with Crippen LogP contribution < -0.4 is 5.73 Å². The number of nitrogens with zero attached hydrogens (tertiary/aromatic N) is 2. The van der Waals surface area contributed by atoms with E-state index in [0.29, 0.717) is 17.1 Å². The smallest absolute Gasteiger partial charge is 0.226 e. The molecule has 0 spiro atoms. The number of piperidine rings is 2. The van der Waals surface area contributed by atoms with Crippen LogP contribution >= 0.6 is 12.2 Å². The molecule has 2 saturated heterocycles. The fourth-order valence-electron chi connectivity index (χ4n) is 3.01. The molecule has 0 aliphatic carbocycles. The van der Waals surface area contributed by atoms with Gasteiger partial charge in [0.25, 0.3) is 0 Å². The summed E-state index contributed by atoms with van der Waals surface area (Å²) in [6.45, 7) is 4.76. The number of likely N-dealkylation sites (tertiary alicyclic amines) is 2. The molecule has 0 aromatic carbocycles. The van der Waals surface area contributed by atoms with E-state index >= 15 is 0 Å². The topological polar surface area (TPSA) is 49.6 Å². The quantitative estimate of drug-likeness (QED) is 0.730. The zero-order chi connectivity index (χ0) is 13.1. The van der Waals surface area contributed by atoms with Crippen molar-refractivity contribution in [2.75, 3.05) is 19.6 Å². The van der Waals surface area contributed by atoms with E-state index in [0.717, 1.165) is 45.3 Å². The van der Waals surface area contributed by atoms with Gasteiger partial charge in [-0.15, -0.1) is 0 Å². The van der Waals surface area contributed by atoms with E-state index in [1.807, 2.05) is 4.90 Å². The van der Waals surface area contributed by atoms with Crippen LogP contribution in [0.2, 0.25) is 0 Å². The largest absolute Gasteiger partial charge is 0.376 e. The first-order valence-corrected chi connectivity index (χ1v) is 7.35. The summed E-state index contributed by atoms with van der Waals surface area (Å²) in [7, 11) is 0. The van der Waals surface area contributed by atoms with Gasteiger partial charge in [0.05, 0.1) is 0 Å². The highest BCUT2D eigenvalue weighted by molar-refractivity contribution is 7.80. The molecule has 0 aromatic heterocycles. The van der Waals surface area contributed by atoms with Crippen molar-refractivity contribution in [1.29, 1.82) is 0 Å². The molecule has 0 saturated carbocycles. The zero-order valence-corrected chi connectivity index (χ0v) is 11.9. The molecule has 2 rings (SSSR count). The van der Waals surface area contributed by atoms with Crippen molar-refractivity contribution >= 4 is 23.2 Å². The van der Waals surface area contributed by atoms with Crippen molar-refractivity contribution in [2.45, 2.75) is 45.1 Å². The van der Waals surface area contributed by atoms with Crippen LogP contribution in [0.25, 0.3) is 0 Å². The lowest BCUT2D eigenvalue weighted by Gasteiger charge is -2.38. The number of carbonyl (C=O) groups is 1. The van der Waals surface area contributed by atoms with Crippen molar-refractivity contribution in [3.63, 3.8) is 0 Å². The summed E-state index contributed by atoms with van der Waals surface area (Å²) in [6.07, 6.45) is 5.34. The molecule has 1 atom stereocenters. The molecule has 2 aliphatic heterocycles. The van der Waals surface area contributed by atoms with Crippen LogP contribution in [-0.2, 0) is 4.79 Å². The number of nitrogens with two attached hydrogens (primary N) is 1. The fraction of sp³-hybridized carbons (Fsp3) is 0.846. The van der Waals surface area contributed by atoms with Gasteiger partial charge in [0.1, 0.15) is 0 Å². The van der Waals surface area contributed by atoms with Crippen LogP contribution in [0.5, 0.6) is 0 Å². The molecule has 2 heterocycles. The molecular formula is C13H23N3OS. The highest BCUT2D eigenvalue weighted by Gasteiger charge is 2.31. The summed E-state index contributed by atoms with van der Waals surface area (Å²) in [6, 6.07) is 0.417. The lowest BCUT2D eigenvalue weighted by molar-refractivity contribution is -0.140. The number of carbonyl (C=O) groups excluding carboxylic acids is 1. The van der Waals surface area contributed by atoms with Crippen molar-refractivity contribution in [3.05, 3.63) is 0 Å². The van der Waals surface area contributed by atoms with E-state index < -0.39 is 0 Å². The van der Waals surface area contributed by atoms with Crippen LogP contribution in [0, 0.1) is 5.92 Å². The number of hydrogen-bond acceptors (Lipinski definition) is 2. The molecule has 0 radical (unpaired) electrons. The van der Waals surface area contributed by atoms with Gasteiger partial charge in [0, 0.05) is 31.6 Å². The van der Waals surface area contributed by atoms with E-state index in [1.54, 1.807) is 0 Å². The minimum absolute atomic E-state index is 0.177. The normalized spacial score (nSPS) is 26.2. The average Bonchev–Trinajstić information content (AvgIpc) is 2.38. The summed E-state index contributed by atoms with van der Waals surface area (Å²) in [5.41, 5.74) is 5.62. The van der Waals surface area contributed by atoms with Gasteiger partial charge in [-0.3, -0.25) is 4.79 Å². The maximum atomic E-state index is 12.5. The molecule has 4 nitrogen and oxygen atoms in total. The summed E-state index contributed by atoms with van der Waals surface area (Å²) < 4.78 is 0. The monoisotopic (exact) mass is 269 g/mol. The standard InChI is InChI=1S/C13H23N3OS/c1-10-4-2-3-7-16(10)12(17)11-5-8-15(9-6-11)13(14)18/h10-11H,2-9H2,1H3,(H2,14,18). The van der Waals surface area contributed by atoms with Crippen molar-refractivity contribution in [3.8, 4) is 0 Å². The first-order valence-electron chi connectivity index (χ1n) is 6.94. The van der Waals surface area contributed by atoms with Crippen LogP contribution in [0.15, 0.2) is 0 Å². The molecule has 2 aliphatic rings. The summed E-state index contributed by atoms with van der Waals surface area (Å²) in [4.78, 5) is 16.6.